The SMILES string of the molecule is CCCCCCCC(N)C(OC)c1ccccc1. The lowest BCUT2D eigenvalue weighted by Gasteiger charge is -2.23. The fourth-order valence-corrected chi connectivity index (χ4v) is 2.34. The normalized spacial score (nSPS) is 14.4. The largest absolute Gasteiger partial charge is 0.375 e. The minimum absolute atomic E-state index is 0.0253. The van der Waals surface area contributed by atoms with Gasteiger partial charge in [-0.05, 0) is 12.0 Å². The van der Waals surface area contributed by atoms with Crippen LogP contribution >= 0.6 is 0 Å². The molecule has 2 unspecified atom stereocenters. The van der Waals surface area contributed by atoms with Crippen LogP contribution in [0.15, 0.2) is 30.3 Å². The van der Waals surface area contributed by atoms with E-state index in [1.165, 1.54) is 37.7 Å². The molecule has 0 aromatic heterocycles. The number of hydrogen-bond acceptors (Lipinski definition) is 2. The van der Waals surface area contributed by atoms with Crippen LogP contribution in [0.1, 0.15) is 57.1 Å². The third kappa shape index (κ3) is 5.19. The van der Waals surface area contributed by atoms with Gasteiger partial charge < -0.3 is 10.5 Å². The van der Waals surface area contributed by atoms with Crippen LogP contribution in [0.2, 0.25) is 0 Å². The van der Waals surface area contributed by atoms with E-state index in [0.717, 1.165) is 6.42 Å². The predicted molar refractivity (Wildman–Crippen MR) is 77.5 cm³/mol. The Labute approximate surface area is 112 Å². The first-order valence-electron chi connectivity index (χ1n) is 7.13. The van der Waals surface area contributed by atoms with Crippen molar-refractivity contribution in [1.29, 1.82) is 0 Å². The molecule has 0 aliphatic heterocycles. The molecule has 0 bridgehead atoms. The lowest BCUT2D eigenvalue weighted by atomic mass is 9.97. The van der Waals surface area contributed by atoms with Crippen molar-refractivity contribution in [2.24, 2.45) is 5.73 Å². The maximum absolute atomic E-state index is 6.25. The van der Waals surface area contributed by atoms with Gasteiger partial charge >= 0.3 is 0 Å². The zero-order valence-electron chi connectivity index (χ0n) is 11.8. The third-order valence-electron chi connectivity index (χ3n) is 3.41. The number of ether oxygens (including phenoxy) is 1. The number of benzene rings is 1. The first-order chi connectivity index (χ1) is 8.79. The van der Waals surface area contributed by atoms with Gasteiger partial charge in [0.15, 0.2) is 0 Å². The molecule has 0 radical (unpaired) electrons. The highest BCUT2D eigenvalue weighted by Gasteiger charge is 2.18. The Morgan fingerprint density at radius 1 is 1.06 bits per heavy atom. The van der Waals surface area contributed by atoms with Crippen LogP contribution in [0.5, 0.6) is 0 Å². The van der Waals surface area contributed by atoms with Gasteiger partial charge in [0.05, 0.1) is 6.10 Å². The molecule has 2 heteroatoms. The molecule has 0 saturated carbocycles. The molecule has 2 nitrogen and oxygen atoms in total. The summed E-state index contributed by atoms with van der Waals surface area (Å²) in [6.45, 7) is 2.24. The fourth-order valence-electron chi connectivity index (χ4n) is 2.34. The van der Waals surface area contributed by atoms with E-state index in [9.17, 15) is 0 Å². The second kappa shape index (κ2) is 9.12. The van der Waals surface area contributed by atoms with E-state index in [1.807, 2.05) is 18.2 Å². The Morgan fingerprint density at radius 2 is 1.72 bits per heavy atom. The second-order valence-corrected chi connectivity index (χ2v) is 4.93. The highest BCUT2D eigenvalue weighted by atomic mass is 16.5. The van der Waals surface area contributed by atoms with E-state index in [0.29, 0.717) is 0 Å². The Bertz CT molecular complexity index is 299. The first kappa shape index (κ1) is 15.2. The van der Waals surface area contributed by atoms with Gasteiger partial charge in [-0.15, -0.1) is 0 Å². The van der Waals surface area contributed by atoms with Crippen molar-refractivity contribution in [1.82, 2.24) is 0 Å². The Hall–Kier alpha value is -0.860. The second-order valence-electron chi connectivity index (χ2n) is 4.93. The van der Waals surface area contributed by atoms with Crippen molar-refractivity contribution in [2.75, 3.05) is 7.11 Å². The smallest absolute Gasteiger partial charge is 0.0971 e. The van der Waals surface area contributed by atoms with Crippen LogP contribution in [-0.2, 0) is 4.74 Å². The molecule has 0 fully saturated rings. The van der Waals surface area contributed by atoms with E-state index in [4.69, 9.17) is 10.5 Å². The maximum Gasteiger partial charge on any atom is 0.0971 e. The van der Waals surface area contributed by atoms with Gasteiger partial charge in [0, 0.05) is 13.2 Å². The average Bonchev–Trinajstić information content (AvgIpc) is 2.40. The van der Waals surface area contributed by atoms with Crippen molar-refractivity contribution in [3.63, 3.8) is 0 Å². The molecule has 1 aromatic rings. The Morgan fingerprint density at radius 3 is 2.33 bits per heavy atom. The van der Waals surface area contributed by atoms with Gasteiger partial charge in [-0.25, -0.2) is 0 Å². The number of unbranched alkanes of at least 4 members (excludes halogenated alkanes) is 4. The van der Waals surface area contributed by atoms with E-state index in [1.54, 1.807) is 7.11 Å². The summed E-state index contributed by atoms with van der Waals surface area (Å²) in [6, 6.07) is 10.4. The van der Waals surface area contributed by atoms with Crippen molar-refractivity contribution in [3.8, 4) is 0 Å². The molecule has 1 aromatic carbocycles. The van der Waals surface area contributed by atoms with Crippen LogP contribution in [0.25, 0.3) is 0 Å². The van der Waals surface area contributed by atoms with Gasteiger partial charge in [0.1, 0.15) is 0 Å². The summed E-state index contributed by atoms with van der Waals surface area (Å²) in [4.78, 5) is 0. The lowest BCUT2D eigenvalue weighted by Crippen LogP contribution is -2.29. The molecule has 0 aliphatic rings. The van der Waals surface area contributed by atoms with E-state index >= 15 is 0 Å². The fraction of sp³-hybridized carbons (Fsp3) is 0.625. The summed E-state index contributed by atoms with van der Waals surface area (Å²) in [5, 5.41) is 0. The molecule has 18 heavy (non-hydrogen) atoms. The van der Waals surface area contributed by atoms with E-state index < -0.39 is 0 Å². The van der Waals surface area contributed by atoms with Gasteiger partial charge in [0.2, 0.25) is 0 Å². The lowest BCUT2D eigenvalue weighted by molar-refractivity contribution is 0.0768. The average molecular weight is 249 g/mol. The molecule has 0 heterocycles. The first-order valence-corrected chi connectivity index (χ1v) is 7.13. The summed E-state index contributed by atoms with van der Waals surface area (Å²) < 4.78 is 5.55. The standard InChI is InChI=1S/C16H27NO/c1-3-4-5-6-10-13-15(17)16(18-2)14-11-8-7-9-12-14/h7-9,11-12,15-16H,3-6,10,13,17H2,1-2H3. The van der Waals surface area contributed by atoms with Crippen LogP contribution in [0, 0.1) is 0 Å². The van der Waals surface area contributed by atoms with Crippen molar-refractivity contribution >= 4 is 0 Å². The summed E-state index contributed by atoms with van der Waals surface area (Å²) in [5.41, 5.74) is 7.43. The number of rotatable bonds is 9. The highest BCUT2D eigenvalue weighted by Crippen LogP contribution is 2.22. The van der Waals surface area contributed by atoms with Crippen molar-refractivity contribution in [3.05, 3.63) is 35.9 Å². The number of nitrogens with two attached hydrogens (primary N) is 1. The van der Waals surface area contributed by atoms with Crippen LogP contribution in [0.4, 0.5) is 0 Å². The van der Waals surface area contributed by atoms with E-state index in [2.05, 4.69) is 19.1 Å². The van der Waals surface area contributed by atoms with Gasteiger partial charge in [0.25, 0.3) is 0 Å². The minimum atomic E-state index is 0.0253. The molecule has 1 rings (SSSR count). The molecule has 0 amide bonds. The summed E-state index contributed by atoms with van der Waals surface area (Å²) >= 11 is 0. The molecule has 2 atom stereocenters. The molecule has 2 N–H and O–H groups in total. The zero-order valence-corrected chi connectivity index (χ0v) is 11.8. The summed E-state index contributed by atoms with van der Waals surface area (Å²) in [5.74, 6) is 0. The summed E-state index contributed by atoms with van der Waals surface area (Å²) in [6.07, 6.45) is 7.50. The molecule has 0 aliphatic carbocycles. The number of methoxy groups -OCH3 is 1. The Balaban J connectivity index is 2.36. The van der Waals surface area contributed by atoms with Gasteiger partial charge in [-0.1, -0.05) is 69.4 Å². The molecular weight excluding hydrogens is 222 g/mol. The minimum Gasteiger partial charge on any atom is -0.375 e. The monoisotopic (exact) mass is 249 g/mol. The van der Waals surface area contributed by atoms with Crippen LogP contribution in [-0.4, -0.2) is 13.2 Å². The molecule has 102 valence electrons. The van der Waals surface area contributed by atoms with Gasteiger partial charge in [-0.2, -0.15) is 0 Å². The van der Waals surface area contributed by atoms with E-state index in [-0.39, 0.29) is 12.1 Å². The third-order valence-corrected chi connectivity index (χ3v) is 3.41. The molecule has 0 saturated heterocycles. The predicted octanol–water partition coefficient (Wildman–Crippen LogP) is 4.06. The van der Waals surface area contributed by atoms with Crippen LogP contribution < -0.4 is 5.73 Å². The summed E-state index contributed by atoms with van der Waals surface area (Å²) in [7, 11) is 1.74. The maximum atomic E-state index is 6.25. The van der Waals surface area contributed by atoms with Crippen LogP contribution in [0.3, 0.4) is 0 Å². The van der Waals surface area contributed by atoms with Crippen molar-refractivity contribution in [2.45, 2.75) is 57.6 Å². The Kier molecular flexibility index (Phi) is 7.70. The quantitative estimate of drug-likeness (QED) is 0.670. The van der Waals surface area contributed by atoms with Gasteiger partial charge in [-0.3, -0.25) is 0 Å². The molecular formula is C16H27NO. The molecule has 0 spiro atoms. The zero-order chi connectivity index (χ0) is 13.2. The van der Waals surface area contributed by atoms with Crippen molar-refractivity contribution < 1.29 is 4.74 Å². The highest BCUT2D eigenvalue weighted by molar-refractivity contribution is 5.19. The number of hydrogen-bond donors (Lipinski definition) is 1. The topological polar surface area (TPSA) is 35.2 Å².